The Morgan fingerprint density at radius 3 is 2.65 bits per heavy atom. The minimum Gasteiger partial charge on any atom is -0.400 e. The van der Waals surface area contributed by atoms with Crippen molar-refractivity contribution in [2.75, 3.05) is 30.4 Å². The Labute approximate surface area is 180 Å². The molecule has 0 spiro atoms. The van der Waals surface area contributed by atoms with E-state index in [9.17, 15) is 0 Å². The molecule has 1 aliphatic carbocycles. The molecule has 31 heavy (non-hydrogen) atoms. The molecule has 1 aliphatic heterocycles. The lowest BCUT2D eigenvalue weighted by molar-refractivity contribution is 0.313. The van der Waals surface area contributed by atoms with Crippen LogP contribution in [0.5, 0.6) is 0 Å². The van der Waals surface area contributed by atoms with Gasteiger partial charge in [-0.25, -0.2) is 14.5 Å². The molecular formula is C21H27N9O. The fraction of sp³-hybridized carbons (Fsp3) is 0.429. The average molecular weight is 422 g/mol. The molecule has 0 radical (unpaired) electrons. The van der Waals surface area contributed by atoms with Gasteiger partial charge < -0.3 is 19.9 Å². The van der Waals surface area contributed by atoms with E-state index in [2.05, 4.69) is 36.0 Å². The highest BCUT2D eigenvalue weighted by Gasteiger charge is 2.20. The summed E-state index contributed by atoms with van der Waals surface area (Å²) in [4.78, 5) is 16.1. The van der Waals surface area contributed by atoms with Crippen LogP contribution in [0.25, 0.3) is 11.3 Å². The van der Waals surface area contributed by atoms with Crippen LogP contribution in [0.1, 0.15) is 38.1 Å². The molecule has 4 aromatic rings. The van der Waals surface area contributed by atoms with Gasteiger partial charge >= 0.3 is 0 Å². The summed E-state index contributed by atoms with van der Waals surface area (Å²) in [5.41, 5.74) is 0.928. The van der Waals surface area contributed by atoms with E-state index in [4.69, 9.17) is 10.1 Å². The summed E-state index contributed by atoms with van der Waals surface area (Å²) >= 11 is 0. The van der Waals surface area contributed by atoms with Gasteiger partial charge in [-0.2, -0.15) is 4.98 Å². The van der Waals surface area contributed by atoms with E-state index in [0.717, 1.165) is 49.1 Å². The molecule has 0 atom stereocenters. The first kappa shape index (κ1) is 19.6. The van der Waals surface area contributed by atoms with Gasteiger partial charge in [-0.15, -0.1) is 5.10 Å². The standard InChI is InChI=1S/C20H23N9.CH4O/c1-2-9-26(8-1)20-24-19(16-7-4-10-29(16)25-20)23-17-11-28(13-21-17)18-12-27(14-22-18)15-5-3-6-15;1-2/h4,7,10-15H,1-3,5-6,8-9H2,(H,23,24,25);2H,1H3. The lowest BCUT2D eigenvalue weighted by Gasteiger charge is -2.26. The normalized spacial score (nSPS) is 16.3. The van der Waals surface area contributed by atoms with Crippen molar-refractivity contribution in [1.82, 2.24) is 33.7 Å². The molecule has 5 heterocycles. The first-order valence-corrected chi connectivity index (χ1v) is 10.7. The predicted octanol–water partition coefficient (Wildman–Crippen LogP) is 2.79. The number of imidazole rings is 2. The van der Waals surface area contributed by atoms with E-state index < -0.39 is 0 Å². The zero-order valence-electron chi connectivity index (χ0n) is 17.6. The molecule has 2 aliphatic rings. The lowest BCUT2D eigenvalue weighted by atomic mass is 9.93. The minimum atomic E-state index is 0.602. The number of anilines is 3. The third-order valence-electron chi connectivity index (χ3n) is 5.95. The van der Waals surface area contributed by atoms with Gasteiger partial charge in [0, 0.05) is 38.6 Å². The van der Waals surface area contributed by atoms with Gasteiger partial charge in [0.05, 0.1) is 12.5 Å². The van der Waals surface area contributed by atoms with Gasteiger partial charge in [-0.3, -0.25) is 4.57 Å². The quantitative estimate of drug-likeness (QED) is 0.511. The molecule has 4 aromatic heterocycles. The zero-order chi connectivity index (χ0) is 21.2. The van der Waals surface area contributed by atoms with Crippen molar-refractivity contribution in [3.05, 3.63) is 43.4 Å². The predicted molar refractivity (Wildman–Crippen MR) is 118 cm³/mol. The largest absolute Gasteiger partial charge is 0.400 e. The molecule has 6 rings (SSSR count). The molecule has 162 valence electrons. The second-order valence-corrected chi connectivity index (χ2v) is 7.85. The summed E-state index contributed by atoms with van der Waals surface area (Å²) in [5.74, 6) is 3.13. The fourth-order valence-corrected chi connectivity index (χ4v) is 4.04. The molecule has 10 heteroatoms. The summed E-state index contributed by atoms with van der Waals surface area (Å²) in [6, 6.07) is 4.59. The lowest BCUT2D eigenvalue weighted by Crippen LogP contribution is -2.22. The van der Waals surface area contributed by atoms with Crippen molar-refractivity contribution >= 4 is 23.1 Å². The maximum absolute atomic E-state index is 7.00. The number of hydrogen-bond donors (Lipinski definition) is 2. The first-order valence-electron chi connectivity index (χ1n) is 10.7. The minimum absolute atomic E-state index is 0.602. The molecular weight excluding hydrogens is 394 g/mol. The topological polar surface area (TPSA) is 101 Å². The number of aromatic nitrogens is 7. The van der Waals surface area contributed by atoms with Crippen LogP contribution in [0, 0.1) is 0 Å². The molecule has 1 saturated carbocycles. The number of fused-ring (bicyclic) bond motifs is 1. The van der Waals surface area contributed by atoms with E-state index in [1.54, 1.807) is 6.33 Å². The molecule has 2 N–H and O–H groups in total. The van der Waals surface area contributed by atoms with E-state index in [0.29, 0.717) is 6.04 Å². The molecule has 0 bridgehead atoms. The summed E-state index contributed by atoms with van der Waals surface area (Å²) in [6.07, 6.45) is 15.9. The Hall–Kier alpha value is -3.40. The van der Waals surface area contributed by atoms with Crippen LogP contribution in [-0.4, -0.2) is 59.0 Å². The van der Waals surface area contributed by atoms with Crippen LogP contribution in [0.3, 0.4) is 0 Å². The Morgan fingerprint density at radius 2 is 1.87 bits per heavy atom. The van der Waals surface area contributed by atoms with E-state index in [1.165, 1.54) is 32.1 Å². The van der Waals surface area contributed by atoms with Crippen LogP contribution < -0.4 is 10.2 Å². The van der Waals surface area contributed by atoms with Crippen molar-refractivity contribution in [2.45, 2.75) is 38.1 Å². The third-order valence-corrected chi connectivity index (χ3v) is 5.95. The molecule has 0 amide bonds. The van der Waals surface area contributed by atoms with Gasteiger partial charge in [0.25, 0.3) is 0 Å². The SMILES string of the molecule is CO.c1cc2c(Nc3cn(-c4cn(C5CCC5)cn4)cn3)nc(N3CCCC3)nn2c1. The Morgan fingerprint density at radius 1 is 1.03 bits per heavy atom. The van der Waals surface area contributed by atoms with Crippen molar-refractivity contribution in [3.8, 4) is 5.82 Å². The van der Waals surface area contributed by atoms with Gasteiger partial charge in [0.1, 0.15) is 17.7 Å². The smallest absolute Gasteiger partial charge is 0.245 e. The Balaban J connectivity index is 0.000000994. The summed E-state index contributed by atoms with van der Waals surface area (Å²) in [7, 11) is 1.00. The van der Waals surface area contributed by atoms with Gasteiger partial charge in [0.15, 0.2) is 11.6 Å². The number of rotatable bonds is 5. The first-order chi connectivity index (χ1) is 15.3. The molecule has 0 aromatic carbocycles. The average Bonchev–Trinajstić information content (AvgIpc) is 3.53. The number of aliphatic hydroxyl groups excluding tert-OH is 1. The third kappa shape index (κ3) is 3.74. The Kier molecular flexibility index (Phi) is 5.29. The highest BCUT2D eigenvalue weighted by atomic mass is 16.2. The van der Waals surface area contributed by atoms with Crippen molar-refractivity contribution in [1.29, 1.82) is 0 Å². The molecule has 1 saturated heterocycles. The van der Waals surface area contributed by atoms with Crippen LogP contribution in [-0.2, 0) is 0 Å². The number of nitrogens with zero attached hydrogens (tertiary/aromatic N) is 8. The highest BCUT2D eigenvalue weighted by molar-refractivity contribution is 5.73. The van der Waals surface area contributed by atoms with Crippen molar-refractivity contribution < 1.29 is 5.11 Å². The fourth-order valence-electron chi connectivity index (χ4n) is 4.04. The van der Waals surface area contributed by atoms with Crippen LogP contribution >= 0.6 is 0 Å². The maximum atomic E-state index is 7.00. The molecule has 10 nitrogen and oxygen atoms in total. The summed E-state index contributed by atoms with van der Waals surface area (Å²) in [6.45, 7) is 2.01. The highest BCUT2D eigenvalue weighted by Crippen LogP contribution is 2.31. The van der Waals surface area contributed by atoms with Gasteiger partial charge in [-0.05, 0) is 44.2 Å². The second kappa shape index (κ2) is 8.38. The maximum Gasteiger partial charge on any atom is 0.245 e. The molecule has 2 fully saturated rings. The summed E-state index contributed by atoms with van der Waals surface area (Å²) in [5, 5.41) is 15.0. The Bertz CT molecular complexity index is 1150. The van der Waals surface area contributed by atoms with Gasteiger partial charge in [0.2, 0.25) is 5.95 Å². The molecule has 0 unspecified atom stereocenters. The summed E-state index contributed by atoms with van der Waals surface area (Å²) < 4.78 is 6.03. The monoisotopic (exact) mass is 421 g/mol. The van der Waals surface area contributed by atoms with Crippen LogP contribution in [0.2, 0.25) is 0 Å². The number of hydrogen-bond acceptors (Lipinski definition) is 7. The van der Waals surface area contributed by atoms with E-state index in [-0.39, 0.29) is 0 Å². The van der Waals surface area contributed by atoms with Crippen LogP contribution in [0.4, 0.5) is 17.6 Å². The number of aliphatic hydroxyl groups is 1. The van der Waals surface area contributed by atoms with Crippen molar-refractivity contribution in [2.24, 2.45) is 0 Å². The van der Waals surface area contributed by atoms with E-state index >= 15 is 0 Å². The van der Waals surface area contributed by atoms with Crippen molar-refractivity contribution in [3.63, 3.8) is 0 Å². The van der Waals surface area contributed by atoms with E-state index in [1.807, 2.05) is 39.9 Å². The number of nitrogens with one attached hydrogen (secondary N) is 1. The second-order valence-electron chi connectivity index (χ2n) is 7.85. The zero-order valence-corrected chi connectivity index (χ0v) is 17.6. The van der Waals surface area contributed by atoms with Gasteiger partial charge in [-0.1, -0.05) is 0 Å². The van der Waals surface area contributed by atoms with Crippen LogP contribution in [0.15, 0.2) is 43.4 Å².